The van der Waals surface area contributed by atoms with E-state index in [2.05, 4.69) is 29.6 Å². The lowest BCUT2D eigenvalue weighted by Crippen LogP contribution is -2.42. The van der Waals surface area contributed by atoms with E-state index in [0.29, 0.717) is 30.2 Å². The molecule has 3 aromatic heterocycles. The fourth-order valence-electron chi connectivity index (χ4n) is 5.47. The number of aliphatic hydroxyl groups is 1. The maximum absolute atomic E-state index is 12.1. The van der Waals surface area contributed by atoms with Crippen molar-refractivity contribution in [3.8, 4) is 17.3 Å². The summed E-state index contributed by atoms with van der Waals surface area (Å²) in [4.78, 5) is 19.2. The van der Waals surface area contributed by atoms with E-state index >= 15 is 0 Å². The van der Waals surface area contributed by atoms with Crippen molar-refractivity contribution in [1.82, 2.24) is 29.0 Å². The summed E-state index contributed by atoms with van der Waals surface area (Å²) in [6, 6.07) is 7.59. The van der Waals surface area contributed by atoms with Crippen LogP contribution in [0.3, 0.4) is 0 Å². The van der Waals surface area contributed by atoms with Gasteiger partial charge in [-0.25, -0.2) is 14.7 Å². The van der Waals surface area contributed by atoms with Crippen molar-refractivity contribution in [2.24, 2.45) is 0 Å². The molecular formula is C25H31N7O5S. The zero-order valence-electron chi connectivity index (χ0n) is 21.1. The summed E-state index contributed by atoms with van der Waals surface area (Å²) in [5, 5.41) is 9.53. The van der Waals surface area contributed by atoms with Crippen LogP contribution in [0.15, 0.2) is 42.5 Å². The van der Waals surface area contributed by atoms with Crippen LogP contribution in [-0.2, 0) is 14.9 Å². The third-order valence-electron chi connectivity index (χ3n) is 7.47. The molecule has 3 N–H and O–H groups in total. The van der Waals surface area contributed by atoms with Gasteiger partial charge in [0.1, 0.15) is 11.6 Å². The zero-order valence-corrected chi connectivity index (χ0v) is 21.9. The molecule has 0 bridgehead atoms. The van der Waals surface area contributed by atoms with Crippen LogP contribution in [-0.4, -0.2) is 76.2 Å². The highest BCUT2D eigenvalue weighted by Crippen LogP contribution is 2.31. The summed E-state index contributed by atoms with van der Waals surface area (Å²) in [6.07, 6.45) is 8.28. The number of nitrogens with zero attached hydrogens (tertiary/aromatic N) is 5. The van der Waals surface area contributed by atoms with E-state index < -0.39 is 10.2 Å². The number of fused-ring (bicyclic) bond motifs is 1. The number of hydrogen-bond acceptors (Lipinski definition) is 9. The Balaban J connectivity index is 0.996. The summed E-state index contributed by atoms with van der Waals surface area (Å²) in [7, 11) is -2.08. The topological polar surface area (TPSA) is 146 Å². The van der Waals surface area contributed by atoms with Gasteiger partial charge in [0, 0.05) is 37.0 Å². The van der Waals surface area contributed by atoms with E-state index in [1.807, 2.05) is 24.4 Å². The second kappa shape index (κ2) is 9.95. The van der Waals surface area contributed by atoms with Crippen LogP contribution in [0.2, 0.25) is 0 Å². The molecule has 6 rings (SSSR count). The third-order valence-corrected chi connectivity index (χ3v) is 8.89. The number of piperidine rings is 1. The first-order valence-corrected chi connectivity index (χ1v) is 14.3. The molecule has 0 radical (unpaired) electrons. The molecule has 202 valence electrons. The number of hydrogen-bond donors (Lipinski definition) is 3. The van der Waals surface area contributed by atoms with E-state index in [1.165, 1.54) is 10.5 Å². The van der Waals surface area contributed by atoms with E-state index in [9.17, 15) is 13.5 Å². The lowest BCUT2D eigenvalue weighted by Gasteiger charge is -2.37. The first-order chi connectivity index (χ1) is 18.4. The highest BCUT2D eigenvalue weighted by molar-refractivity contribution is 7.87. The normalized spacial score (nSPS) is 23.9. The number of anilines is 1. The molecule has 12 nitrogen and oxygen atoms in total. The smallest absolute Gasteiger partial charge is 0.326 e. The van der Waals surface area contributed by atoms with Crippen LogP contribution >= 0.6 is 0 Å². The standard InChI is InChI=1S/C25H31N7O5S/c1-36-23-9-7-20-25(28-23)29-24(27-20)16-2-8-21(26-14-16)31-12-10-19(11-13-31)37-18-5-3-17(4-6-18)32-15-22(33)30-38(32,34)35/h2,7-9,14-15,17-19,30,33H,3-6,10-13H2,1H3,(H,27,28,29). The number of imidazole rings is 1. The van der Waals surface area contributed by atoms with Crippen molar-refractivity contribution >= 4 is 27.2 Å². The van der Waals surface area contributed by atoms with E-state index in [-0.39, 0.29) is 24.1 Å². The Morgan fingerprint density at radius 2 is 1.76 bits per heavy atom. The Labute approximate surface area is 220 Å². The second-order valence-electron chi connectivity index (χ2n) is 9.92. The van der Waals surface area contributed by atoms with Crippen LogP contribution in [0.5, 0.6) is 5.88 Å². The molecule has 0 spiro atoms. The lowest BCUT2D eigenvalue weighted by molar-refractivity contribution is -0.0449. The number of pyridine rings is 2. The molecule has 3 aromatic rings. The van der Waals surface area contributed by atoms with Crippen LogP contribution in [0.4, 0.5) is 5.82 Å². The fourth-order valence-corrected chi connectivity index (χ4v) is 6.73. The van der Waals surface area contributed by atoms with Crippen LogP contribution in [0.1, 0.15) is 38.5 Å². The predicted octanol–water partition coefficient (Wildman–Crippen LogP) is 2.83. The SMILES string of the molecule is COc1ccc2[nH]c(-c3ccc(N4CCC(OC5CCC(N6C=C(O)NS6(=O)=O)CC5)CC4)nc3)nc2n1. The van der Waals surface area contributed by atoms with Crippen LogP contribution < -0.4 is 14.4 Å². The Kier molecular flexibility index (Phi) is 6.48. The summed E-state index contributed by atoms with van der Waals surface area (Å²) in [5.74, 6) is 1.85. The monoisotopic (exact) mass is 541 g/mol. The minimum absolute atomic E-state index is 0.134. The molecule has 2 fully saturated rings. The number of aromatic nitrogens is 4. The third kappa shape index (κ3) is 4.95. The molecule has 0 unspecified atom stereocenters. The molecule has 13 heteroatoms. The van der Waals surface area contributed by atoms with Crippen molar-refractivity contribution in [1.29, 1.82) is 0 Å². The van der Waals surface area contributed by atoms with Gasteiger partial charge in [-0.15, -0.1) is 0 Å². The molecule has 0 aromatic carbocycles. The van der Waals surface area contributed by atoms with Gasteiger partial charge >= 0.3 is 10.2 Å². The first kappa shape index (κ1) is 24.7. The molecule has 3 aliphatic rings. The average molecular weight is 542 g/mol. The Hall–Kier alpha value is -3.58. The van der Waals surface area contributed by atoms with Gasteiger partial charge in [-0.2, -0.15) is 13.4 Å². The molecule has 1 aliphatic carbocycles. The molecule has 1 saturated heterocycles. The number of ether oxygens (including phenoxy) is 2. The van der Waals surface area contributed by atoms with Gasteiger partial charge in [0.15, 0.2) is 5.65 Å². The largest absolute Gasteiger partial charge is 0.493 e. The fraction of sp³-hybridized carbons (Fsp3) is 0.480. The van der Waals surface area contributed by atoms with E-state index in [4.69, 9.17) is 9.47 Å². The van der Waals surface area contributed by atoms with Gasteiger partial charge < -0.3 is 24.5 Å². The van der Waals surface area contributed by atoms with Gasteiger partial charge in [0.25, 0.3) is 0 Å². The molecule has 38 heavy (non-hydrogen) atoms. The van der Waals surface area contributed by atoms with Gasteiger partial charge in [-0.1, -0.05) is 0 Å². The van der Waals surface area contributed by atoms with Crippen LogP contribution in [0.25, 0.3) is 22.6 Å². The van der Waals surface area contributed by atoms with Gasteiger partial charge in [0.05, 0.1) is 31.0 Å². The zero-order chi connectivity index (χ0) is 26.3. The maximum Gasteiger partial charge on any atom is 0.326 e. The summed E-state index contributed by atoms with van der Waals surface area (Å²) in [6.45, 7) is 1.73. The van der Waals surface area contributed by atoms with Gasteiger partial charge in [-0.3, -0.25) is 4.31 Å². The molecule has 1 saturated carbocycles. The highest BCUT2D eigenvalue weighted by Gasteiger charge is 2.36. The lowest BCUT2D eigenvalue weighted by atomic mass is 9.92. The number of aromatic amines is 1. The minimum Gasteiger partial charge on any atom is -0.493 e. The summed E-state index contributed by atoms with van der Waals surface area (Å²) in [5.41, 5.74) is 2.34. The van der Waals surface area contributed by atoms with Crippen molar-refractivity contribution in [2.45, 2.75) is 56.8 Å². The molecular weight excluding hydrogens is 510 g/mol. The van der Waals surface area contributed by atoms with E-state index in [1.54, 1.807) is 13.2 Å². The van der Waals surface area contributed by atoms with Crippen LogP contribution in [0, 0.1) is 0 Å². The van der Waals surface area contributed by atoms with Gasteiger partial charge in [-0.05, 0) is 56.7 Å². The predicted molar refractivity (Wildman–Crippen MR) is 141 cm³/mol. The molecule has 2 aliphatic heterocycles. The van der Waals surface area contributed by atoms with Crippen molar-refractivity contribution in [3.63, 3.8) is 0 Å². The highest BCUT2D eigenvalue weighted by atomic mass is 32.2. The molecule has 5 heterocycles. The van der Waals surface area contributed by atoms with Crippen molar-refractivity contribution in [3.05, 3.63) is 42.5 Å². The molecule has 0 amide bonds. The quantitative estimate of drug-likeness (QED) is 0.429. The van der Waals surface area contributed by atoms with E-state index in [0.717, 1.165) is 55.7 Å². The minimum atomic E-state index is -3.66. The number of methoxy groups -OCH3 is 1. The number of H-pyrrole nitrogens is 1. The maximum atomic E-state index is 12.1. The number of rotatable bonds is 6. The van der Waals surface area contributed by atoms with Crippen molar-refractivity contribution in [2.75, 3.05) is 25.1 Å². The summed E-state index contributed by atoms with van der Waals surface area (Å²) >= 11 is 0. The molecule has 0 atom stereocenters. The average Bonchev–Trinajstić information content (AvgIpc) is 3.48. The Morgan fingerprint density at radius 1 is 1.00 bits per heavy atom. The number of nitrogens with one attached hydrogen (secondary N) is 2. The van der Waals surface area contributed by atoms with Gasteiger partial charge in [0.2, 0.25) is 11.8 Å². The Bertz CT molecular complexity index is 1430. The van der Waals surface area contributed by atoms with Crippen molar-refractivity contribution < 1.29 is 23.0 Å². The first-order valence-electron chi connectivity index (χ1n) is 12.9. The summed E-state index contributed by atoms with van der Waals surface area (Å²) < 4.78 is 39.2. The second-order valence-corrected chi connectivity index (χ2v) is 11.5. The Morgan fingerprint density at radius 3 is 2.42 bits per heavy atom. The number of aliphatic hydroxyl groups excluding tert-OH is 1.